The van der Waals surface area contributed by atoms with E-state index in [4.69, 9.17) is 5.11 Å². The van der Waals surface area contributed by atoms with Gasteiger partial charge in [-0.1, -0.05) is 0 Å². The van der Waals surface area contributed by atoms with E-state index in [0.29, 0.717) is 0 Å². The smallest absolute Gasteiger partial charge is 0.372 e. The molecule has 1 aliphatic rings. The summed E-state index contributed by atoms with van der Waals surface area (Å²) in [6.45, 7) is 0. The fourth-order valence-electron chi connectivity index (χ4n) is 0.816. The summed E-state index contributed by atoms with van der Waals surface area (Å²) >= 11 is 0. The van der Waals surface area contributed by atoms with E-state index in [0.717, 1.165) is 0 Å². The molecular formula is C5H4F3NO3. The molecule has 12 heavy (non-hydrogen) atoms. The summed E-state index contributed by atoms with van der Waals surface area (Å²) < 4.78 is 35.7. The van der Waals surface area contributed by atoms with Crippen LogP contribution in [0.15, 0.2) is 0 Å². The van der Waals surface area contributed by atoms with Crippen molar-refractivity contribution in [1.29, 1.82) is 0 Å². The Kier molecular flexibility index (Phi) is 1.64. The minimum Gasteiger partial charge on any atom is -0.372 e. The van der Waals surface area contributed by atoms with Crippen LogP contribution in [0.2, 0.25) is 0 Å². The van der Waals surface area contributed by atoms with Crippen LogP contribution in [-0.2, 0) is 9.59 Å². The van der Waals surface area contributed by atoms with Crippen molar-refractivity contribution in [3.63, 3.8) is 0 Å². The van der Waals surface area contributed by atoms with Gasteiger partial charge in [-0.05, 0) is 0 Å². The fraction of sp³-hybridized carbons (Fsp3) is 0.600. The second-order valence-electron chi connectivity index (χ2n) is 2.41. The lowest BCUT2D eigenvalue weighted by molar-refractivity contribution is -0.246. The van der Waals surface area contributed by atoms with Gasteiger partial charge in [0.2, 0.25) is 11.5 Å². The van der Waals surface area contributed by atoms with E-state index >= 15 is 0 Å². The molecule has 1 atom stereocenters. The highest BCUT2D eigenvalue weighted by molar-refractivity contribution is 6.08. The number of hydrogen-bond acceptors (Lipinski definition) is 3. The van der Waals surface area contributed by atoms with Gasteiger partial charge in [-0.2, -0.15) is 13.2 Å². The second kappa shape index (κ2) is 2.19. The van der Waals surface area contributed by atoms with E-state index in [9.17, 15) is 22.8 Å². The predicted octanol–water partition coefficient (Wildman–Crippen LogP) is -0.674. The van der Waals surface area contributed by atoms with E-state index in [2.05, 4.69) is 0 Å². The molecule has 1 fully saturated rings. The quantitative estimate of drug-likeness (QED) is 0.489. The average molecular weight is 183 g/mol. The van der Waals surface area contributed by atoms with E-state index < -0.39 is 30.0 Å². The van der Waals surface area contributed by atoms with Gasteiger partial charge in [0.1, 0.15) is 0 Å². The molecule has 0 bridgehead atoms. The summed E-state index contributed by atoms with van der Waals surface area (Å²) in [6.07, 6.45) is -6.36. The molecule has 0 unspecified atom stereocenters. The molecule has 0 aromatic heterocycles. The predicted molar refractivity (Wildman–Crippen MR) is 28.8 cm³/mol. The van der Waals surface area contributed by atoms with Crippen LogP contribution in [0, 0.1) is 0 Å². The minimum absolute atomic E-state index is 1.13. The first-order chi connectivity index (χ1) is 5.27. The molecule has 0 radical (unpaired) electrons. The molecule has 0 aliphatic carbocycles. The Hall–Kier alpha value is -1.11. The van der Waals surface area contributed by atoms with Gasteiger partial charge in [-0.3, -0.25) is 14.9 Å². The monoisotopic (exact) mass is 183 g/mol. The Balaban J connectivity index is 3.00. The van der Waals surface area contributed by atoms with Crippen LogP contribution >= 0.6 is 0 Å². The molecule has 4 nitrogen and oxygen atoms in total. The highest BCUT2D eigenvalue weighted by atomic mass is 19.4. The molecule has 1 saturated heterocycles. The first kappa shape index (κ1) is 8.98. The fourth-order valence-corrected chi connectivity index (χ4v) is 0.816. The average Bonchev–Trinajstić information content (AvgIpc) is 2.06. The molecular weight excluding hydrogens is 179 g/mol. The topological polar surface area (TPSA) is 66.4 Å². The standard InChI is InChI=1S/C5H4F3NO3/c6-5(7,8)4(12)1-2(10)9-3(4)11/h12H,1H2,(H,9,10,11)/t4-/m1/s1. The number of amides is 2. The Labute approximate surface area is 64.4 Å². The number of carbonyl (C=O) groups is 2. The first-order valence-electron chi connectivity index (χ1n) is 2.91. The van der Waals surface area contributed by atoms with Crippen LogP contribution in [0.25, 0.3) is 0 Å². The van der Waals surface area contributed by atoms with Crippen molar-refractivity contribution >= 4 is 11.8 Å². The summed E-state index contributed by atoms with van der Waals surface area (Å²) in [5.74, 6) is -2.83. The molecule has 1 heterocycles. The van der Waals surface area contributed by atoms with Crippen LogP contribution in [0.1, 0.15) is 6.42 Å². The van der Waals surface area contributed by atoms with Gasteiger partial charge in [0.25, 0.3) is 5.91 Å². The second-order valence-corrected chi connectivity index (χ2v) is 2.41. The summed E-state index contributed by atoms with van der Waals surface area (Å²) in [6, 6.07) is 0. The molecule has 0 aromatic rings. The van der Waals surface area contributed by atoms with Gasteiger partial charge < -0.3 is 5.11 Å². The van der Waals surface area contributed by atoms with Crippen molar-refractivity contribution in [3.05, 3.63) is 0 Å². The van der Waals surface area contributed by atoms with E-state index in [1.807, 2.05) is 0 Å². The number of carbonyl (C=O) groups excluding carboxylic acids is 2. The Morgan fingerprint density at radius 3 is 2.08 bits per heavy atom. The zero-order valence-corrected chi connectivity index (χ0v) is 5.60. The molecule has 0 saturated carbocycles. The number of halogens is 3. The lowest BCUT2D eigenvalue weighted by Crippen LogP contribution is -2.50. The zero-order chi connectivity index (χ0) is 9.57. The molecule has 7 heteroatoms. The van der Waals surface area contributed by atoms with Gasteiger partial charge >= 0.3 is 6.18 Å². The van der Waals surface area contributed by atoms with Crippen molar-refractivity contribution in [1.82, 2.24) is 5.32 Å². The summed E-state index contributed by atoms with van der Waals surface area (Å²) in [5, 5.41) is 10.1. The molecule has 0 spiro atoms. The molecule has 2 N–H and O–H groups in total. The summed E-state index contributed by atoms with van der Waals surface area (Å²) in [7, 11) is 0. The van der Waals surface area contributed by atoms with E-state index in [1.165, 1.54) is 5.32 Å². The summed E-state index contributed by atoms with van der Waals surface area (Å²) in [4.78, 5) is 20.8. The van der Waals surface area contributed by atoms with Crippen molar-refractivity contribution < 1.29 is 27.9 Å². The number of hydrogen-bond donors (Lipinski definition) is 2. The molecule has 1 rings (SSSR count). The van der Waals surface area contributed by atoms with Gasteiger partial charge in [0, 0.05) is 0 Å². The number of rotatable bonds is 0. The Morgan fingerprint density at radius 2 is 1.92 bits per heavy atom. The van der Waals surface area contributed by atoms with E-state index in [-0.39, 0.29) is 0 Å². The third kappa shape index (κ3) is 1.06. The van der Waals surface area contributed by atoms with Gasteiger partial charge in [-0.15, -0.1) is 0 Å². The maximum atomic E-state index is 11.9. The highest BCUT2D eigenvalue weighted by Crippen LogP contribution is 2.35. The van der Waals surface area contributed by atoms with E-state index in [1.54, 1.807) is 0 Å². The summed E-state index contributed by atoms with van der Waals surface area (Å²) in [5.41, 5.74) is -3.54. The molecule has 0 aromatic carbocycles. The van der Waals surface area contributed by atoms with Crippen molar-refractivity contribution in [2.24, 2.45) is 0 Å². The van der Waals surface area contributed by atoms with Crippen LogP contribution in [0.3, 0.4) is 0 Å². The molecule has 1 aliphatic heterocycles. The lowest BCUT2D eigenvalue weighted by Gasteiger charge is -2.20. The normalized spacial score (nSPS) is 30.7. The Bertz CT molecular complexity index is 249. The highest BCUT2D eigenvalue weighted by Gasteiger charge is 2.64. The maximum absolute atomic E-state index is 11.9. The third-order valence-corrected chi connectivity index (χ3v) is 1.51. The lowest BCUT2D eigenvalue weighted by atomic mass is 10.0. The third-order valence-electron chi connectivity index (χ3n) is 1.51. The van der Waals surface area contributed by atoms with Crippen LogP contribution in [0.5, 0.6) is 0 Å². The van der Waals surface area contributed by atoms with Crippen LogP contribution in [0.4, 0.5) is 13.2 Å². The molecule has 2 amide bonds. The maximum Gasteiger partial charge on any atom is 0.426 e. The van der Waals surface area contributed by atoms with Crippen molar-refractivity contribution in [3.8, 4) is 0 Å². The van der Waals surface area contributed by atoms with Crippen LogP contribution in [-0.4, -0.2) is 28.7 Å². The minimum atomic E-state index is -5.11. The van der Waals surface area contributed by atoms with Crippen molar-refractivity contribution in [2.45, 2.75) is 18.2 Å². The number of alkyl halides is 3. The SMILES string of the molecule is O=C1C[C@](O)(C(F)(F)F)C(=O)N1. The van der Waals surface area contributed by atoms with Gasteiger partial charge in [-0.25, -0.2) is 0 Å². The molecule has 68 valence electrons. The Morgan fingerprint density at radius 1 is 1.42 bits per heavy atom. The number of aliphatic hydroxyl groups is 1. The van der Waals surface area contributed by atoms with Gasteiger partial charge in [0.05, 0.1) is 6.42 Å². The first-order valence-corrected chi connectivity index (χ1v) is 2.91. The largest absolute Gasteiger partial charge is 0.426 e. The number of imide groups is 1. The van der Waals surface area contributed by atoms with Crippen LogP contribution < -0.4 is 5.32 Å². The number of nitrogens with one attached hydrogen (secondary N) is 1. The van der Waals surface area contributed by atoms with Gasteiger partial charge in [0.15, 0.2) is 0 Å². The zero-order valence-electron chi connectivity index (χ0n) is 5.60. The van der Waals surface area contributed by atoms with Crippen molar-refractivity contribution in [2.75, 3.05) is 0 Å².